The highest BCUT2D eigenvalue weighted by molar-refractivity contribution is 7.80. The van der Waals surface area contributed by atoms with Gasteiger partial charge < -0.3 is 15.5 Å². The number of benzene rings is 1. The molecular formula is C16H18FN3OS. The highest BCUT2D eigenvalue weighted by atomic mass is 32.1. The molecule has 0 spiro atoms. The summed E-state index contributed by atoms with van der Waals surface area (Å²) in [5.41, 5.74) is 2.27. The second-order valence-corrected chi connectivity index (χ2v) is 6.13. The molecule has 2 N–H and O–H groups in total. The fourth-order valence-electron chi connectivity index (χ4n) is 2.53. The van der Waals surface area contributed by atoms with Gasteiger partial charge >= 0.3 is 0 Å². The first-order chi connectivity index (χ1) is 10.5. The molecular weight excluding hydrogens is 301 g/mol. The summed E-state index contributed by atoms with van der Waals surface area (Å²) in [6, 6.07) is 6.06. The van der Waals surface area contributed by atoms with Gasteiger partial charge in [-0.1, -0.05) is 12.1 Å². The largest absolute Gasteiger partial charge is 0.351 e. The second kappa shape index (κ2) is 5.68. The van der Waals surface area contributed by atoms with E-state index < -0.39 is 0 Å². The van der Waals surface area contributed by atoms with Crippen LogP contribution in [0.25, 0.3) is 0 Å². The number of hydrogen-bond acceptors (Lipinski definition) is 2. The monoisotopic (exact) mass is 319 g/mol. The Morgan fingerprint density at radius 2 is 2.00 bits per heavy atom. The summed E-state index contributed by atoms with van der Waals surface area (Å²) in [6.45, 7) is 1.88. The Hall–Kier alpha value is -1.95. The van der Waals surface area contributed by atoms with E-state index in [-0.39, 0.29) is 23.8 Å². The summed E-state index contributed by atoms with van der Waals surface area (Å²) < 4.78 is 13.2. The molecule has 0 radical (unpaired) electrons. The topological polar surface area (TPSA) is 44.4 Å². The van der Waals surface area contributed by atoms with Crippen molar-refractivity contribution in [1.29, 1.82) is 0 Å². The van der Waals surface area contributed by atoms with Gasteiger partial charge in [0.15, 0.2) is 5.11 Å². The molecule has 1 heterocycles. The number of nitrogens with zero attached hydrogens (tertiary/aromatic N) is 1. The lowest BCUT2D eigenvalue weighted by Gasteiger charge is -2.35. The Morgan fingerprint density at radius 3 is 2.59 bits per heavy atom. The third-order valence-corrected chi connectivity index (χ3v) is 4.51. The van der Waals surface area contributed by atoms with Crippen LogP contribution in [0.2, 0.25) is 0 Å². The molecule has 1 unspecified atom stereocenters. The normalized spacial score (nSPS) is 21.7. The molecule has 0 aromatic heterocycles. The average Bonchev–Trinajstić information content (AvgIpc) is 3.29. The number of rotatable bonds is 3. The Labute approximate surface area is 134 Å². The quantitative estimate of drug-likeness (QED) is 0.839. The molecule has 3 rings (SSSR count). The molecule has 0 saturated heterocycles. The number of carbonyl (C=O) groups excluding carboxylic acids is 1. The minimum absolute atomic E-state index is 0.0869. The minimum atomic E-state index is -0.358. The second-order valence-electron chi connectivity index (χ2n) is 5.74. The number of halogens is 1. The maximum atomic E-state index is 13.2. The van der Waals surface area contributed by atoms with Crippen molar-refractivity contribution in [3.05, 3.63) is 46.9 Å². The molecule has 6 heteroatoms. The van der Waals surface area contributed by atoms with Gasteiger partial charge in [0, 0.05) is 18.8 Å². The highest BCUT2D eigenvalue weighted by Crippen LogP contribution is 2.31. The molecule has 22 heavy (non-hydrogen) atoms. The maximum Gasteiger partial charge on any atom is 0.251 e. The molecule has 1 atom stereocenters. The van der Waals surface area contributed by atoms with Crippen molar-refractivity contribution in [2.75, 3.05) is 7.05 Å². The van der Waals surface area contributed by atoms with Crippen LogP contribution in [-0.2, 0) is 4.79 Å². The number of carbonyl (C=O) groups is 1. The van der Waals surface area contributed by atoms with Gasteiger partial charge in [0.25, 0.3) is 5.91 Å². The fraction of sp³-hybridized carbons (Fsp3) is 0.375. The molecule has 1 aliphatic carbocycles. The van der Waals surface area contributed by atoms with Crippen molar-refractivity contribution in [3.8, 4) is 0 Å². The summed E-state index contributed by atoms with van der Waals surface area (Å²) in [5.74, 6) is -0.389. The first-order valence-electron chi connectivity index (χ1n) is 7.28. The average molecular weight is 319 g/mol. The highest BCUT2D eigenvalue weighted by Gasteiger charge is 2.34. The van der Waals surface area contributed by atoms with E-state index in [9.17, 15) is 9.18 Å². The molecule has 116 valence electrons. The number of thiocarbonyl (C=S) groups is 1. The number of amides is 1. The van der Waals surface area contributed by atoms with Gasteiger partial charge in [-0.15, -0.1) is 0 Å². The van der Waals surface area contributed by atoms with Crippen LogP contribution in [0.5, 0.6) is 0 Å². The molecule has 1 aromatic rings. The van der Waals surface area contributed by atoms with E-state index in [4.69, 9.17) is 12.2 Å². The molecule has 1 amide bonds. The molecule has 1 aromatic carbocycles. The van der Waals surface area contributed by atoms with Crippen LogP contribution in [0.3, 0.4) is 0 Å². The first-order valence-corrected chi connectivity index (χ1v) is 7.69. The molecule has 1 saturated carbocycles. The smallest absolute Gasteiger partial charge is 0.251 e. The molecule has 2 aliphatic rings. The van der Waals surface area contributed by atoms with Crippen LogP contribution >= 0.6 is 12.2 Å². The lowest BCUT2D eigenvalue weighted by Crippen LogP contribution is -2.47. The van der Waals surface area contributed by atoms with Crippen molar-refractivity contribution < 1.29 is 9.18 Å². The number of allylic oxidation sites excluding steroid dienone is 1. The molecule has 0 bridgehead atoms. The molecule has 1 fully saturated rings. The zero-order chi connectivity index (χ0) is 15.9. The van der Waals surface area contributed by atoms with Crippen molar-refractivity contribution in [1.82, 2.24) is 15.5 Å². The standard InChI is InChI=1S/C16H18FN3OS/c1-9-13(15(21)18-12-7-8-12)14(19-16(22)20(9)2)10-3-5-11(17)6-4-10/h3-6,12,14H,7-8H2,1-2H3,(H,18,21)(H,19,22). The molecule has 1 aliphatic heterocycles. The minimum Gasteiger partial charge on any atom is -0.351 e. The Kier molecular flexibility index (Phi) is 3.87. The van der Waals surface area contributed by atoms with Crippen molar-refractivity contribution >= 4 is 23.2 Å². The first kappa shape index (κ1) is 15.0. The third kappa shape index (κ3) is 2.83. The van der Waals surface area contributed by atoms with Gasteiger partial charge in [-0.25, -0.2) is 4.39 Å². The summed E-state index contributed by atoms with van der Waals surface area (Å²) in [7, 11) is 1.83. The van der Waals surface area contributed by atoms with E-state index >= 15 is 0 Å². The van der Waals surface area contributed by atoms with Crippen LogP contribution in [0.15, 0.2) is 35.5 Å². The van der Waals surface area contributed by atoms with Gasteiger partial charge in [-0.3, -0.25) is 4.79 Å². The summed E-state index contributed by atoms with van der Waals surface area (Å²) >= 11 is 5.32. The van der Waals surface area contributed by atoms with Crippen LogP contribution in [-0.4, -0.2) is 29.0 Å². The van der Waals surface area contributed by atoms with E-state index in [1.165, 1.54) is 12.1 Å². The van der Waals surface area contributed by atoms with E-state index in [1.807, 2.05) is 14.0 Å². The Morgan fingerprint density at radius 1 is 1.36 bits per heavy atom. The lowest BCUT2D eigenvalue weighted by atomic mass is 9.94. The van der Waals surface area contributed by atoms with E-state index in [0.717, 1.165) is 24.1 Å². The SMILES string of the molecule is CC1=C(C(=O)NC2CC2)C(c2ccc(F)cc2)NC(=S)N1C. The van der Waals surface area contributed by atoms with E-state index in [0.29, 0.717) is 10.7 Å². The summed E-state index contributed by atoms with van der Waals surface area (Å²) in [5, 5.41) is 6.74. The Bertz CT molecular complexity index is 652. The zero-order valence-corrected chi connectivity index (χ0v) is 13.3. The third-order valence-electron chi connectivity index (χ3n) is 4.11. The number of nitrogens with one attached hydrogen (secondary N) is 2. The van der Waals surface area contributed by atoms with Gasteiger partial charge in [0.2, 0.25) is 0 Å². The lowest BCUT2D eigenvalue weighted by molar-refractivity contribution is -0.118. The summed E-state index contributed by atoms with van der Waals surface area (Å²) in [4.78, 5) is 14.4. The van der Waals surface area contributed by atoms with Crippen molar-refractivity contribution in [2.45, 2.75) is 31.8 Å². The predicted octanol–water partition coefficient (Wildman–Crippen LogP) is 2.24. The van der Waals surface area contributed by atoms with Crippen molar-refractivity contribution in [2.24, 2.45) is 0 Å². The van der Waals surface area contributed by atoms with Gasteiger partial charge in [0.05, 0.1) is 11.6 Å². The molecule has 4 nitrogen and oxygen atoms in total. The Balaban J connectivity index is 1.99. The van der Waals surface area contributed by atoms with Crippen LogP contribution in [0, 0.1) is 5.82 Å². The van der Waals surface area contributed by atoms with Crippen LogP contribution in [0.1, 0.15) is 31.4 Å². The van der Waals surface area contributed by atoms with Crippen molar-refractivity contribution in [3.63, 3.8) is 0 Å². The predicted molar refractivity (Wildman–Crippen MR) is 86.5 cm³/mol. The zero-order valence-electron chi connectivity index (χ0n) is 12.5. The van der Waals surface area contributed by atoms with E-state index in [2.05, 4.69) is 10.6 Å². The number of hydrogen-bond donors (Lipinski definition) is 2. The summed E-state index contributed by atoms with van der Waals surface area (Å²) in [6.07, 6.45) is 2.06. The van der Waals surface area contributed by atoms with Gasteiger partial charge in [0.1, 0.15) is 5.82 Å². The van der Waals surface area contributed by atoms with E-state index in [1.54, 1.807) is 17.0 Å². The fourth-order valence-corrected chi connectivity index (χ4v) is 2.78. The van der Waals surface area contributed by atoms with Gasteiger partial charge in [-0.2, -0.15) is 0 Å². The van der Waals surface area contributed by atoms with Crippen LogP contribution in [0.4, 0.5) is 4.39 Å². The van der Waals surface area contributed by atoms with Gasteiger partial charge in [-0.05, 0) is 49.7 Å². The maximum absolute atomic E-state index is 13.2. The van der Waals surface area contributed by atoms with Crippen LogP contribution < -0.4 is 10.6 Å².